The first kappa shape index (κ1) is 26.0. The van der Waals surface area contributed by atoms with E-state index in [1.54, 1.807) is 17.0 Å². The maximum absolute atomic E-state index is 13.9. The van der Waals surface area contributed by atoms with E-state index in [0.29, 0.717) is 24.3 Å². The van der Waals surface area contributed by atoms with Gasteiger partial charge in [0.25, 0.3) is 11.5 Å². The number of aryl methyl sites for hydroxylation is 1. The summed E-state index contributed by atoms with van der Waals surface area (Å²) in [4.78, 5) is 33.6. The van der Waals surface area contributed by atoms with Gasteiger partial charge in [-0.1, -0.05) is 11.6 Å². The lowest BCUT2D eigenvalue weighted by atomic mass is 9.98. The summed E-state index contributed by atoms with van der Waals surface area (Å²) >= 11 is 6.42. The van der Waals surface area contributed by atoms with Crippen molar-refractivity contribution in [1.29, 1.82) is 0 Å². The van der Waals surface area contributed by atoms with Crippen LogP contribution in [0.15, 0.2) is 35.1 Å². The minimum Gasteiger partial charge on any atom is -0.377 e. The molecular formula is C25H26ClF3N4O3. The lowest BCUT2D eigenvalue weighted by molar-refractivity contribution is -0.138. The van der Waals surface area contributed by atoms with Gasteiger partial charge in [-0.05, 0) is 63.6 Å². The summed E-state index contributed by atoms with van der Waals surface area (Å²) < 4.78 is 47.4. The molecule has 3 aromatic rings. The van der Waals surface area contributed by atoms with Crippen LogP contribution in [0.1, 0.15) is 54.1 Å². The first-order valence-corrected chi connectivity index (χ1v) is 11.8. The molecule has 2 N–H and O–H groups in total. The number of amides is 1. The zero-order chi connectivity index (χ0) is 26.4. The molecule has 36 heavy (non-hydrogen) atoms. The molecule has 0 aliphatic carbocycles. The molecule has 0 spiro atoms. The molecule has 4 rings (SSSR count). The predicted molar refractivity (Wildman–Crippen MR) is 132 cm³/mol. The molecule has 0 bridgehead atoms. The van der Waals surface area contributed by atoms with E-state index in [9.17, 15) is 22.8 Å². The molecule has 1 unspecified atom stereocenters. The summed E-state index contributed by atoms with van der Waals surface area (Å²) in [6, 6.07) is 5.85. The summed E-state index contributed by atoms with van der Waals surface area (Å²) in [6.45, 7) is 7.73. The van der Waals surface area contributed by atoms with Gasteiger partial charge < -0.3 is 19.9 Å². The van der Waals surface area contributed by atoms with Gasteiger partial charge in [-0.25, -0.2) is 4.98 Å². The van der Waals surface area contributed by atoms with Gasteiger partial charge >= 0.3 is 6.18 Å². The van der Waals surface area contributed by atoms with Crippen LogP contribution in [-0.4, -0.2) is 46.1 Å². The average Bonchev–Trinajstić information content (AvgIpc) is 2.77. The van der Waals surface area contributed by atoms with Crippen molar-refractivity contribution in [2.75, 3.05) is 18.4 Å². The summed E-state index contributed by atoms with van der Waals surface area (Å²) in [5, 5.41) is 3.23. The zero-order valence-corrected chi connectivity index (χ0v) is 20.9. The summed E-state index contributed by atoms with van der Waals surface area (Å²) in [5.74, 6) is 0.0244. The fourth-order valence-electron chi connectivity index (χ4n) is 4.53. The summed E-state index contributed by atoms with van der Waals surface area (Å²) in [7, 11) is 0. The lowest BCUT2D eigenvalue weighted by Crippen LogP contribution is -2.48. The molecule has 1 aliphatic rings. The molecule has 1 aliphatic heterocycles. The second kappa shape index (κ2) is 9.74. The number of H-pyrrole nitrogens is 1. The van der Waals surface area contributed by atoms with Gasteiger partial charge in [0.05, 0.1) is 39.4 Å². The maximum Gasteiger partial charge on any atom is 0.416 e. The number of nitrogens with zero attached hydrogens (tertiary/aromatic N) is 2. The molecule has 0 radical (unpaired) electrons. The van der Waals surface area contributed by atoms with Gasteiger partial charge in [-0.15, -0.1) is 0 Å². The van der Waals surface area contributed by atoms with E-state index in [0.717, 1.165) is 6.07 Å². The Balaban J connectivity index is 1.63. The average molecular weight is 523 g/mol. The first-order chi connectivity index (χ1) is 16.8. The smallest absolute Gasteiger partial charge is 0.377 e. The van der Waals surface area contributed by atoms with Gasteiger partial charge in [-0.2, -0.15) is 13.2 Å². The largest absolute Gasteiger partial charge is 0.416 e. The van der Waals surface area contributed by atoms with Crippen LogP contribution in [0, 0.1) is 6.92 Å². The van der Waals surface area contributed by atoms with Crippen molar-refractivity contribution < 1.29 is 22.7 Å². The summed E-state index contributed by atoms with van der Waals surface area (Å²) in [5.41, 5.74) is -0.855. The number of aromatic amines is 1. The number of rotatable bonds is 4. The van der Waals surface area contributed by atoms with Crippen molar-refractivity contribution in [1.82, 2.24) is 14.9 Å². The monoisotopic (exact) mass is 522 g/mol. The molecule has 7 nitrogen and oxygen atoms in total. The number of alkyl halides is 3. The minimum atomic E-state index is -4.66. The Bertz CT molecular complexity index is 1370. The van der Waals surface area contributed by atoms with Gasteiger partial charge in [-0.3, -0.25) is 9.59 Å². The first-order valence-electron chi connectivity index (χ1n) is 11.5. The minimum absolute atomic E-state index is 0.0350. The van der Waals surface area contributed by atoms with Crippen molar-refractivity contribution in [3.8, 4) is 0 Å². The Kier molecular flexibility index (Phi) is 7.03. The number of nitrogens with one attached hydrogen (secondary N) is 2. The highest BCUT2D eigenvalue weighted by Crippen LogP contribution is 2.38. The number of halogens is 4. The van der Waals surface area contributed by atoms with Crippen molar-refractivity contribution in [2.45, 2.75) is 52.1 Å². The standard InChI is InChI=1S/C25H26ClF3N4O3/c1-12-10-33(11-13(2)36-12)24(35)16-5-6-21(20(26)7-16)30-14(3)17-8-18-22(9-19(17)25(27,28)29)31-15(4)32-23(18)34/h5-9,12-14,30H,10-11H2,1-4H3,(H,31,32,34)/t12-,13+,14?. The molecule has 3 atom stereocenters. The Morgan fingerprint density at radius 2 is 1.89 bits per heavy atom. The fraction of sp³-hybridized carbons (Fsp3) is 0.400. The van der Waals surface area contributed by atoms with Gasteiger partial charge in [0.1, 0.15) is 5.82 Å². The van der Waals surface area contributed by atoms with E-state index in [2.05, 4.69) is 15.3 Å². The highest BCUT2D eigenvalue weighted by molar-refractivity contribution is 6.33. The number of ether oxygens (including phenoxy) is 1. The summed E-state index contributed by atoms with van der Waals surface area (Å²) in [6.07, 6.45) is -4.85. The third-order valence-electron chi connectivity index (χ3n) is 6.06. The number of aromatic nitrogens is 2. The molecule has 0 saturated carbocycles. The van der Waals surface area contributed by atoms with Crippen LogP contribution in [0.2, 0.25) is 5.02 Å². The maximum atomic E-state index is 13.9. The fourth-order valence-corrected chi connectivity index (χ4v) is 4.76. The van der Waals surface area contributed by atoms with Crippen molar-refractivity contribution in [3.63, 3.8) is 0 Å². The third-order valence-corrected chi connectivity index (χ3v) is 6.37. The van der Waals surface area contributed by atoms with E-state index in [1.807, 2.05) is 13.8 Å². The molecule has 2 heterocycles. The van der Waals surface area contributed by atoms with E-state index < -0.39 is 23.3 Å². The Hall–Kier alpha value is -3.11. The van der Waals surface area contributed by atoms with Crippen LogP contribution in [0.25, 0.3) is 10.9 Å². The normalized spacial score (nSPS) is 19.4. The van der Waals surface area contributed by atoms with E-state index in [1.165, 1.54) is 26.0 Å². The molecule has 1 saturated heterocycles. The van der Waals surface area contributed by atoms with E-state index >= 15 is 0 Å². The van der Waals surface area contributed by atoms with Gasteiger partial charge in [0.15, 0.2) is 0 Å². The number of anilines is 1. The van der Waals surface area contributed by atoms with Crippen molar-refractivity contribution >= 4 is 34.1 Å². The molecule has 2 aromatic carbocycles. The molecule has 11 heteroatoms. The third kappa shape index (κ3) is 5.34. The SMILES string of the molecule is Cc1nc2cc(C(F)(F)F)c(C(C)Nc3ccc(C(=O)N4C[C@@H](C)O[C@@H](C)C4)cc3Cl)cc2c(=O)[nH]1. The Morgan fingerprint density at radius 3 is 2.50 bits per heavy atom. The number of morpholine rings is 1. The molecular weight excluding hydrogens is 497 g/mol. The number of fused-ring (bicyclic) bond motifs is 1. The Morgan fingerprint density at radius 1 is 1.22 bits per heavy atom. The highest BCUT2D eigenvalue weighted by atomic mass is 35.5. The van der Waals surface area contributed by atoms with Crippen LogP contribution < -0.4 is 10.9 Å². The molecule has 1 amide bonds. The van der Waals surface area contributed by atoms with Crippen LogP contribution in [0.5, 0.6) is 0 Å². The number of hydrogen-bond donors (Lipinski definition) is 2. The van der Waals surface area contributed by atoms with Crippen molar-refractivity contribution in [3.05, 3.63) is 68.2 Å². The highest BCUT2D eigenvalue weighted by Gasteiger charge is 2.35. The zero-order valence-electron chi connectivity index (χ0n) is 20.2. The quantitative estimate of drug-likeness (QED) is 0.484. The van der Waals surface area contributed by atoms with Crippen molar-refractivity contribution in [2.24, 2.45) is 0 Å². The number of carbonyl (C=O) groups is 1. The van der Waals surface area contributed by atoms with Crippen LogP contribution in [-0.2, 0) is 10.9 Å². The molecule has 192 valence electrons. The van der Waals surface area contributed by atoms with Crippen LogP contribution in [0.3, 0.4) is 0 Å². The predicted octanol–water partition coefficient (Wildman–Crippen LogP) is 5.33. The number of carbonyl (C=O) groups excluding carboxylic acids is 1. The van der Waals surface area contributed by atoms with Crippen LogP contribution >= 0.6 is 11.6 Å². The van der Waals surface area contributed by atoms with E-state index in [-0.39, 0.29) is 45.4 Å². The van der Waals surface area contributed by atoms with Crippen LogP contribution in [0.4, 0.5) is 18.9 Å². The lowest BCUT2D eigenvalue weighted by Gasteiger charge is -2.35. The molecule has 1 aromatic heterocycles. The second-order valence-corrected chi connectivity index (χ2v) is 9.54. The molecule has 1 fully saturated rings. The van der Waals surface area contributed by atoms with Gasteiger partial charge in [0.2, 0.25) is 0 Å². The topological polar surface area (TPSA) is 87.3 Å². The van der Waals surface area contributed by atoms with E-state index in [4.69, 9.17) is 16.3 Å². The number of hydrogen-bond acceptors (Lipinski definition) is 5. The van der Waals surface area contributed by atoms with Gasteiger partial charge in [0, 0.05) is 24.7 Å². The number of benzene rings is 2. The second-order valence-electron chi connectivity index (χ2n) is 9.13. The Labute approximate surface area is 210 Å².